The van der Waals surface area contributed by atoms with Gasteiger partial charge >= 0.3 is 0 Å². The van der Waals surface area contributed by atoms with Crippen molar-refractivity contribution in [1.82, 2.24) is 25.1 Å². The molecule has 0 spiro atoms. The van der Waals surface area contributed by atoms with Gasteiger partial charge in [0.25, 0.3) is 0 Å². The molecule has 3 aromatic rings. The lowest BCUT2D eigenvalue weighted by molar-refractivity contribution is 0.809. The van der Waals surface area contributed by atoms with E-state index >= 15 is 0 Å². The maximum absolute atomic E-state index is 4.50. The third-order valence-electron chi connectivity index (χ3n) is 3.55. The first-order valence-corrected chi connectivity index (χ1v) is 7.75. The van der Waals surface area contributed by atoms with Crippen LogP contribution in [0.25, 0.3) is 0 Å². The zero-order valence-electron chi connectivity index (χ0n) is 13.5. The van der Waals surface area contributed by atoms with Gasteiger partial charge in [0, 0.05) is 32.2 Å². The van der Waals surface area contributed by atoms with Crippen molar-refractivity contribution in [2.24, 2.45) is 0 Å². The Hall–Kier alpha value is -3.09. The summed E-state index contributed by atoms with van der Waals surface area (Å²) in [6, 6.07) is 9.84. The van der Waals surface area contributed by atoms with Gasteiger partial charge in [0.15, 0.2) is 5.82 Å². The monoisotopic (exact) mass is 321 g/mol. The summed E-state index contributed by atoms with van der Waals surface area (Å²) < 4.78 is 0. The van der Waals surface area contributed by atoms with E-state index in [0.29, 0.717) is 18.3 Å². The van der Waals surface area contributed by atoms with E-state index in [0.717, 1.165) is 18.7 Å². The standard InChI is InChI=1S/C17H19N7/c1-24(11-7-14-5-9-18-10-6-14)17-22-16(13-21-23-17)20-12-15-4-2-3-8-19-15/h2-6,8-10,13H,7,11-12H2,1H3,(H,20,22,23). The maximum atomic E-state index is 4.50. The van der Waals surface area contributed by atoms with Crippen LogP contribution >= 0.6 is 0 Å². The van der Waals surface area contributed by atoms with Crippen LogP contribution in [0.2, 0.25) is 0 Å². The van der Waals surface area contributed by atoms with Crippen molar-refractivity contribution in [2.45, 2.75) is 13.0 Å². The summed E-state index contributed by atoms with van der Waals surface area (Å²) in [4.78, 5) is 14.8. The quantitative estimate of drug-likeness (QED) is 0.712. The zero-order valence-corrected chi connectivity index (χ0v) is 13.5. The highest BCUT2D eigenvalue weighted by atomic mass is 15.3. The van der Waals surface area contributed by atoms with Crippen LogP contribution < -0.4 is 10.2 Å². The first kappa shape index (κ1) is 15.8. The number of rotatable bonds is 7. The number of nitrogens with zero attached hydrogens (tertiary/aromatic N) is 6. The molecule has 0 radical (unpaired) electrons. The van der Waals surface area contributed by atoms with E-state index in [1.807, 2.05) is 42.3 Å². The molecular weight excluding hydrogens is 302 g/mol. The lowest BCUT2D eigenvalue weighted by Crippen LogP contribution is -2.23. The van der Waals surface area contributed by atoms with E-state index in [1.54, 1.807) is 24.8 Å². The van der Waals surface area contributed by atoms with Gasteiger partial charge in [-0.15, -0.1) is 5.10 Å². The smallest absolute Gasteiger partial charge is 0.247 e. The summed E-state index contributed by atoms with van der Waals surface area (Å²) in [5.74, 6) is 1.27. The third-order valence-corrected chi connectivity index (χ3v) is 3.55. The predicted molar refractivity (Wildman–Crippen MR) is 92.6 cm³/mol. The van der Waals surface area contributed by atoms with E-state index in [-0.39, 0.29) is 0 Å². The third kappa shape index (κ3) is 4.45. The predicted octanol–water partition coefficient (Wildman–Crippen LogP) is 1.95. The molecule has 0 fully saturated rings. The maximum Gasteiger partial charge on any atom is 0.247 e. The molecular formula is C17H19N7. The van der Waals surface area contributed by atoms with Crippen LogP contribution in [-0.2, 0) is 13.0 Å². The van der Waals surface area contributed by atoms with Crippen molar-refractivity contribution in [2.75, 3.05) is 23.8 Å². The van der Waals surface area contributed by atoms with Crippen molar-refractivity contribution >= 4 is 11.8 Å². The van der Waals surface area contributed by atoms with Gasteiger partial charge in [0.1, 0.15) is 0 Å². The largest absolute Gasteiger partial charge is 0.363 e. The Morgan fingerprint density at radius 2 is 1.96 bits per heavy atom. The van der Waals surface area contributed by atoms with Crippen molar-refractivity contribution in [3.8, 4) is 0 Å². The molecule has 0 aliphatic rings. The number of hydrogen-bond donors (Lipinski definition) is 1. The van der Waals surface area contributed by atoms with Crippen LogP contribution in [0, 0.1) is 0 Å². The van der Waals surface area contributed by atoms with E-state index < -0.39 is 0 Å². The van der Waals surface area contributed by atoms with Crippen LogP contribution in [0.3, 0.4) is 0 Å². The SMILES string of the molecule is CN(CCc1ccncc1)c1nncc(NCc2ccccn2)n1. The molecule has 122 valence electrons. The second-order valence-electron chi connectivity index (χ2n) is 5.34. The molecule has 0 aromatic carbocycles. The summed E-state index contributed by atoms with van der Waals surface area (Å²) in [5.41, 5.74) is 2.18. The van der Waals surface area contributed by atoms with E-state index in [4.69, 9.17) is 0 Å². The zero-order chi connectivity index (χ0) is 16.6. The average molecular weight is 321 g/mol. The summed E-state index contributed by atoms with van der Waals surface area (Å²) in [5, 5.41) is 11.3. The molecule has 7 heteroatoms. The summed E-state index contributed by atoms with van der Waals surface area (Å²) in [7, 11) is 1.96. The van der Waals surface area contributed by atoms with Gasteiger partial charge in [-0.3, -0.25) is 9.97 Å². The molecule has 0 saturated heterocycles. The number of likely N-dealkylation sites (N-methyl/N-ethyl adjacent to an activating group) is 1. The Balaban J connectivity index is 1.57. The molecule has 1 N–H and O–H groups in total. The van der Waals surface area contributed by atoms with Crippen LogP contribution in [0.4, 0.5) is 11.8 Å². The summed E-state index contributed by atoms with van der Waals surface area (Å²) in [6.45, 7) is 1.40. The van der Waals surface area contributed by atoms with Gasteiger partial charge in [0.05, 0.1) is 18.4 Å². The van der Waals surface area contributed by atoms with Crippen LogP contribution in [0.15, 0.2) is 55.1 Å². The van der Waals surface area contributed by atoms with Crippen LogP contribution in [0.1, 0.15) is 11.3 Å². The second kappa shape index (κ2) is 7.96. The van der Waals surface area contributed by atoms with E-state index in [9.17, 15) is 0 Å². The molecule has 24 heavy (non-hydrogen) atoms. The fourth-order valence-electron chi connectivity index (χ4n) is 2.17. The molecule has 0 unspecified atom stereocenters. The van der Waals surface area contributed by atoms with E-state index in [1.165, 1.54) is 5.56 Å². The molecule has 0 aliphatic heterocycles. The minimum atomic E-state index is 0.593. The van der Waals surface area contributed by atoms with Gasteiger partial charge in [-0.05, 0) is 36.2 Å². The van der Waals surface area contributed by atoms with Crippen molar-refractivity contribution < 1.29 is 0 Å². The number of nitrogens with one attached hydrogen (secondary N) is 1. The Morgan fingerprint density at radius 1 is 1.08 bits per heavy atom. The van der Waals surface area contributed by atoms with Crippen molar-refractivity contribution in [3.63, 3.8) is 0 Å². The highest BCUT2D eigenvalue weighted by Gasteiger charge is 2.07. The number of aromatic nitrogens is 5. The highest BCUT2D eigenvalue weighted by Crippen LogP contribution is 2.10. The van der Waals surface area contributed by atoms with E-state index in [2.05, 4.69) is 30.5 Å². The second-order valence-corrected chi connectivity index (χ2v) is 5.34. The first-order valence-electron chi connectivity index (χ1n) is 7.75. The number of anilines is 2. The average Bonchev–Trinajstić information content (AvgIpc) is 2.66. The van der Waals surface area contributed by atoms with Crippen molar-refractivity contribution in [1.29, 1.82) is 0 Å². The van der Waals surface area contributed by atoms with Gasteiger partial charge in [-0.25, -0.2) is 0 Å². The van der Waals surface area contributed by atoms with Crippen LogP contribution in [-0.4, -0.2) is 38.7 Å². The first-order chi connectivity index (χ1) is 11.8. The minimum Gasteiger partial charge on any atom is -0.363 e. The summed E-state index contributed by atoms with van der Waals surface area (Å²) >= 11 is 0. The van der Waals surface area contributed by atoms with Gasteiger partial charge in [-0.2, -0.15) is 10.1 Å². The molecule has 0 amide bonds. The minimum absolute atomic E-state index is 0.593. The molecule has 3 heterocycles. The molecule has 7 nitrogen and oxygen atoms in total. The number of hydrogen-bond acceptors (Lipinski definition) is 7. The molecule has 3 rings (SSSR count). The van der Waals surface area contributed by atoms with Crippen molar-refractivity contribution in [3.05, 3.63) is 66.4 Å². The molecule has 3 aromatic heterocycles. The topological polar surface area (TPSA) is 79.7 Å². The fourth-order valence-corrected chi connectivity index (χ4v) is 2.17. The molecule has 0 aliphatic carbocycles. The highest BCUT2D eigenvalue weighted by molar-refractivity contribution is 5.38. The lowest BCUT2D eigenvalue weighted by atomic mass is 10.2. The molecule has 0 atom stereocenters. The summed E-state index contributed by atoms with van der Waals surface area (Å²) in [6.07, 6.45) is 7.88. The number of pyridine rings is 2. The fraction of sp³-hybridized carbons (Fsp3) is 0.235. The normalized spacial score (nSPS) is 10.4. The Labute approximate surface area is 140 Å². The Bertz CT molecular complexity index is 749. The lowest BCUT2D eigenvalue weighted by Gasteiger charge is -2.17. The van der Waals surface area contributed by atoms with Gasteiger partial charge in [-0.1, -0.05) is 6.07 Å². The van der Waals surface area contributed by atoms with Gasteiger partial charge in [0.2, 0.25) is 5.95 Å². The molecule has 0 bridgehead atoms. The Kier molecular flexibility index (Phi) is 5.24. The Morgan fingerprint density at radius 3 is 2.75 bits per heavy atom. The van der Waals surface area contributed by atoms with Crippen LogP contribution in [0.5, 0.6) is 0 Å². The molecule has 0 saturated carbocycles. The van der Waals surface area contributed by atoms with Gasteiger partial charge < -0.3 is 10.2 Å².